The van der Waals surface area contributed by atoms with Gasteiger partial charge in [-0.15, -0.1) is 0 Å². The highest BCUT2D eigenvalue weighted by atomic mass is 19.4. The van der Waals surface area contributed by atoms with Crippen LogP contribution in [0.5, 0.6) is 17.2 Å². The second kappa shape index (κ2) is 8.38. The summed E-state index contributed by atoms with van der Waals surface area (Å²) in [5, 5.41) is 0.527. The van der Waals surface area contributed by atoms with Crippen molar-refractivity contribution in [1.82, 2.24) is 4.98 Å². The van der Waals surface area contributed by atoms with Crippen LogP contribution >= 0.6 is 0 Å². The van der Waals surface area contributed by atoms with Gasteiger partial charge in [0.2, 0.25) is 0 Å². The van der Waals surface area contributed by atoms with E-state index in [0.717, 1.165) is 12.1 Å². The Bertz CT molecular complexity index is 1000. The molecule has 0 N–H and O–H groups in total. The van der Waals surface area contributed by atoms with Crippen molar-refractivity contribution < 1.29 is 32.2 Å². The van der Waals surface area contributed by atoms with E-state index >= 15 is 0 Å². The summed E-state index contributed by atoms with van der Waals surface area (Å²) in [5.74, 6) is 0.873. The molecule has 1 aromatic heterocycles. The number of nitrogens with zero attached hydrogens (tertiary/aromatic N) is 1. The molecule has 0 fully saturated rings. The molecule has 8 heteroatoms. The van der Waals surface area contributed by atoms with Crippen LogP contribution in [0.2, 0.25) is 0 Å². The van der Waals surface area contributed by atoms with E-state index in [0.29, 0.717) is 22.6 Å². The Kier molecular flexibility index (Phi) is 5.91. The third kappa shape index (κ3) is 5.16. The number of fused-ring (bicyclic) bond motifs is 1. The second-order valence-corrected chi connectivity index (χ2v) is 6.16. The van der Waals surface area contributed by atoms with Crippen LogP contribution in [0.4, 0.5) is 13.2 Å². The van der Waals surface area contributed by atoms with Gasteiger partial charge in [0.25, 0.3) is 0 Å². The van der Waals surface area contributed by atoms with E-state index in [4.69, 9.17) is 14.2 Å². The summed E-state index contributed by atoms with van der Waals surface area (Å²) >= 11 is 0. The zero-order valence-corrected chi connectivity index (χ0v) is 15.7. The Morgan fingerprint density at radius 1 is 1.03 bits per heavy atom. The van der Waals surface area contributed by atoms with Gasteiger partial charge in [-0.25, -0.2) is 4.79 Å². The smallest absolute Gasteiger partial charge is 0.416 e. The minimum Gasteiger partial charge on any atom is -0.479 e. The quantitative estimate of drug-likeness (QED) is 0.516. The fraction of sp³-hybridized carbons (Fsp3) is 0.238. The molecular weight excluding hydrogens is 387 g/mol. The highest BCUT2D eigenvalue weighted by Crippen LogP contribution is 2.32. The number of aromatic nitrogens is 1. The molecule has 1 heterocycles. The summed E-state index contributed by atoms with van der Waals surface area (Å²) in [5.41, 5.74) is -0.525. The van der Waals surface area contributed by atoms with Crippen molar-refractivity contribution in [2.45, 2.75) is 26.1 Å². The van der Waals surface area contributed by atoms with Gasteiger partial charge in [-0.1, -0.05) is 6.07 Å². The minimum absolute atomic E-state index is 0.226. The van der Waals surface area contributed by atoms with Crippen LogP contribution in [0.25, 0.3) is 10.9 Å². The maximum absolute atomic E-state index is 12.8. The number of hydrogen-bond donors (Lipinski definition) is 0. The molecule has 0 aliphatic heterocycles. The first-order valence-corrected chi connectivity index (χ1v) is 8.84. The molecule has 0 saturated heterocycles. The average molecular weight is 405 g/mol. The summed E-state index contributed by atoms with van der Waals surface area (Å²) in [4.78, 5) is 15.6. The first-order valence-electron chi connectivity index (χ1n) is 8.84. The Balaban J connectivity index is 1.69. The zero-order chi connectivity index (χ0) is 21.0. The molecule has 152 valence electrons. The number of hydrogen-bond acceptors (Lipinski definition) is 5. The van der Waals surface area contributed by atoms with Gasteiger partial charge in [0, 0.05) is 5.39 Å². The molecule has 0 aliphatic carbocycles. The monoisotopic (exact) mass is 405 g/mol. The first kappa shape index (κ1) is 20.4. The first-order chi connectivity index (χ1) is 13.8. The predicted octanol–water partition coefficient (Wildman–Crippen LogP) is 5.38. The van der Waals surface area contributed by atoms with Crippen molar-refractivity contribution in [3.63, 3.8) is 0 Å². The summed E-state index contributed by atoms with van der Waals surface area (Å²) in [6.45, 7) is 3.58. The summed E-state index contributed by atoms with van der Waals surface area (Å²) < 4.78 is 54.4. The van der Waals surface area contributed by atoms with Gasteiger partial charge in [-0.05, 0) is 56.3 Å². The molecule has 1 unspecified atom stereocenters. The van der Waals surface area contributed by atoms with Gasteiger partial charge in [-0.3, -0.25) is 4.98 Å². The average Bonchev–Trinajstić information content (AvgIpc) is 2.68. The van der Waals surface area contributed by atoms with Crippen LogP contribution in [0, 0.1) is 0 Å². The second-order valence-electron chi connectivity index (χ2n) is 6.16. The van der Waals surface area contributed by atoms with Gasteiger partial charge in [0.05, 0.1) is 23.9 Å². The maximum atomic E-state index is 12.8. The number of ether oxygens (including phenoxy) is 3. The Hall–Kier alpha value is -3.29. The van der Waals surface area contributed by atoms with Crippen LogP contribution in [-0.2, 0) is 15.7 Å². The van der Waals surface area contributed by atoms with Crippen molar-refractivity contribution in [3.05, 3.63) is 60.3 Å². The molecule has 0 radical (unpaired) electrons. The zero-order valence-electron chi connectivity index (χ0n) is 15.7. The van der Waals surface area contributed by atoms with E-state index in [1.165, 1.54) is 12.3 Å². The van der Waals surface area contributed by atoms with Gasteiger partial charge in [-0.2, -0.15) is 13.2 Å². The van der Waals surface area contributed by atoms with Crippen molar-refractivity contribution in [2.24, 2.45) is 0 Å². The van der Waals surface area contributed by atoms with Crippen LogP contribution in [0.1, 0.15) is 19.4 Å². The molecular formula is C21H18F3NO4. The van der Waals surface area contributed by atoms with E-state index < -0.39 is 23.8 Å². The molecule has 5 nitrogen and oxygen atoms in total. The van der Waals surface area contributed by atoms with Gasteiger partial charge in [0.1, 0.15) is 17.2 Å². The standard InChI is InChI=1S/C21H18F3NO4/c1-3-27-20(26)13(2)28-16-6-8-17(9-7-16)29-18-10-14-4-5-15(21(22,23)24)11-19(14)25-12-18/h4-13H,3H2,1-2H3. The van der Waals surface area contributed by atoms with E-state index in [1.54, 1.807) is 44.2 Å². The Morgan fingerprint density at radius 3 is 2.38 bits per heavy atom. The lowest BCUT2D eigenvalue weighted by molar-refractivity contribution is -0.150. The van der Waals surface area contributed by atoms with Crippen molar-refractivity contribution >= 4 is 16.9 Å². The number of pyridine rings is 1. The molecule has 29 heavy (non-hydrogen) atoms. The van der Waals surface area contributed by atoms with E-state index in [9.17, 15) is 18.0 Å². The molecule has 0 aliphatic rings. The predicted molar refractivity (Wildman–Crippen MR) is 100.0 cm³/mol. The van der Waals surface area contributed by atoms with Crippen LogP contribution in [0.15, 0.2) is 54.7 Å². The van der Waals surface area contributed by atoms with Gasteiger partial charge < -0.3 is 14.2 Å². The van der Waals surface area contributed by atoms with Crippen molar-refractivity contribution in [2.75, 3.05) is 6.61 Å². The van der Waals surface area contributed by atoms with E-state index in [-0.39, 0.29) is 12.1 Å². The van der Waals surface area contributed by atoms with Gasteiger partial charge >= 0.3 is 12.1 Å². The lowest BCUT2D eigenvalue weighted by Crippen LogP contribution is -2.25. The topological polar surface area (TPSA) is 57.7 Å². The maximum Gasteiger partial charge on any atom is 0.416 e. The van der Waals surface area contributed by atoms with Crippen LogP contribution < -0.4 is 9.47 Å². The normalized spacial score (nSPS) is 12.4. The van der Waals surface area contributed by atoms with Crippen LogP contribution in [-0.4, -0.2) is 23.7 Å². The fourth-order valence-electron chi connectivity index (χ4n) is 2.57. The molecule has 0 spiro atoms. The lowest BCUT2D eigenvalue weighted by Gasteiger charge is -2.14. The number of carbonyl (C=O) groups is 1. The number of esters is 1. The summed E-state index contributed by atoms with van der Waals surface area (Å²) in [6, 6.07) is 11.5. The number of benzene rings is 2. The van der Waals surface area contributed by atoms with Crippen molar-refractivity contribution in [3.8, 4) is 17.2 Å². The Morgan fingerprint density at radius 2 is 1.72 bits per heavy atom. The lowest BCUT2D eigenvalue weighted by atomic mass is 10.1. The molecule has 1 atom stereocenters. The highest BCUT2D eigenvalue weighted by Gasteiger charge is 2.30. The highest BCUT2D eigenvalue weighted by molar-refractivity contribution is 5.80. The molecule has 2 aromatic carbocycles. The molecule has 3 aromatic rings. The summed E-state index contributed by atoms with van der Waals surface area (Å²) in [6.07, 6.45) is -3.80. The van der Waals surface area contributed by atoms with Gasteiger partial charge in [0.15, 0.2) is 6.10 Å². The number of alkyl halides is 3. The van der Waals surface area contributed by atoms with Crippen LogP contribution in [0.3, 0.4) is 0 Å². The number of halogens is 3. The van der Waals surface area contributed by atoms with E-state index in [2.05, 4.69) is 4.98 Å². The Labute approximate surface area is 165 Å². The van der Waals surface area contributed by atoms with Crippen molar-refractivity contribution in [1.29, 1.82) is 0 Å². The SMILES string of the molecule is CCOC(=O)C(C)Oc1ccc(Oc2cnc3cc(C(F)(F)F)ccc3c2)cc1. The molecule has 0 saturated carbocycles. The number of carbonyl (C=O) groups excluding carboxylic acids is 1. The largest absolute Gasteiger partial charge is 0.479 e. The molecule has 0 amide bonds. The number of rotatable bonds is 6. The molecule has 3 rings (SSSR count). The fourth-order valence-corrected chi connectivity index (χ4v) is 2.57. The third-order valence-corrected chi connectivity index (χ3v) is 3.98. The third-order valence-electron chi connectivity index (χ3n) is 3.98. The van der Waals surface area contributed by atoms with E-state index in [1.807, 2.05) is 0 Å². The molecule has 0 bridgehead atoms. The minimum atomic E-state index is -4.42. The summed E-state index contributed by atoms with van der Waals surface area (Å²) in [7, 11) is 0.